The molecule has 0 atom stereocenters. The molecule has 3 heteroatoms. The van der Waals surface area contributed by atoms with Crippen molar-refractivity contribution < 1.29 is 5.11 Å². The Labute approximate surface area is 84.2 Å². The van der Waals surface area contributed by atoms with E-state index in [1.54, 1.807) is 0 Å². The molecule has 0 amide bonds. The van der Waals surface area contributed by atoms with Crippen LogP contribution in [0.15, 0.2) is 0 Å². The molecule has 0 fully saturated rings. The third kappa shape index (κ3) is 1.72. The Balaban J connectivity index is 2.42. The summed E-state index contributed by atoms with van der Waals surface area (Å²) < 4.78 is 0. The number of aromatic hydroxyl groups is 1. The van der Waals surface area contributed by atoms with Crippen LogP contribution in [0.2, 0.25) is 0 Å². The zero-order valence-corrected chi connectivity index (χ0v) is 8.58. The molecule has 1 aromatic rings. The van der Waals surface area contributed by atoms with Gasteiger partial charge in [-0.2, -0.15) is 5.10 Å². The molecule has 0 saturated carbocycles. The summed E-state index contributed by atoms with van der Waals surface area (Å²) in [6.45, 7) is 1.98. The van der Waals surface area contributed by atoms with E-state index in [1.165, 1.54) is 24.8 Å². The van der Waals surface area contributed by atoms with E-state index in [0.717, 1.165) is 30.5 Å². The van der Waals surface area contributed by atoms with Crippen LogP contribution in [0.3, 0.4) is 0 Å². The molecular weight excluding hydrogens is 176 g/mol. The average Bonchev–Trinajstić information content (AvgIpc) is 2.11. The van der Waals surface area contributed by atoms with Crippen LogP contribution >= 0.6 is 0 Å². The van der Waals surface area contributed by atoms with Crippen molar-refractivity contribution >= 4 is 0 Å². The largest absolute Gasteiger partial charge is 0.492 e. The first-order valence-electron chi connectivity index (χ1n) is 5.33. The van der Waals surface area contributed by atoms with Gasteiger partial charge in [0, 0.05) is 5.56 Å². The number of nitrogens with zero attached hydrogens (tertiary/aromatic N) is 2. The van der Waals surface area contributed by atoms with Crippen molar-refractivity contribution in [3.63, 3.8) is 0 Å². The van der Waals surface area contributed by atoms with Crippen molar-refractivity contribution in [2.24, 2.45) is 0 Å². The molecule has 1 aromatic heterocycles. The van der Waals surface area contributed by atoms with Crippen molar-refractivity contribution in [3.8, 4) is 5.88 Å². The van der Waals surface area contributed by atoms with Crippen LogP contribution in [0.25, 0.3) is 0 Å². The fourth-order valence-electron chi connectivity index (χ4n) is 2.15. The summed E-state index contributed by atoms with van der Waals surface area (Å²) in [5.41, 5.74) is 3.26. The van der Waals surface area contributed by atoms with E-state index in [9.17, 15) is 5.11 Å². The fraction of sp³-hybridized carbons (Fsp3) is 0.636. The molecule has 1 aliphatic rings. The standard InChI is InChI=1S/C11H16N2O/c1-8-9-6-4-2-3-5-7-10(9)11(14)13-12-8/h2-7H2,1H3,(H,13,14). The van der Waals surface area contributed by atoms with Crippen LogP contribution in [-0.2, 0) is 12.8 Å². The van der Waals surface area contributed by atoms with Gasteiger partial charge in [-0.25, -0.2) is 0 Å². The molecule has 0 aliphatic heterocycles. The van der Waals surface area contributed by atoms with E-state index in [1.807, 2.05) is 6.92 Å². The lowest BCUT2D eigenvalue weighted by Gasteiger charge is -2.15. The van der Waals surface area contributed by atoms with E-state index in [0.29, 0.717) is 0 Å². The van der Waals surface area contributed by atoms with Gasteiger partial charge >= 0.3 is 0 Å². The normalized spacial score (nSPS) is 16.9. The van der Waals surface area contributed by atoms with Crippen LogP contribution in [0.5, 0.6) is 5.88 Å². The fourth-order valence-corrected chi connectivity index (χ4v) is 2.15. The minimum absolute atomic E-state index is 0.146. The van der Waals surface area contributed by atoms with Crippen LogP contribution in [0, 0.1) is 6.92 Å². The van der Waals surface area contributed by atoms with Gasteiger partial charge in [-0.3, -0.25) is 0 Å². The number of hydrogen-bond donors (Lipinski definition) is 1. The van der Waals surface area contributed by atoms with E-state index in [-0.39, 0.29) is 5.88 Å². The number of aromatic nitrogens is 2. The lowest BCUT2D eigenvalue weighted by Crippen LogP contribution is -2.05. The van der Waals surface area contributed by atoms with Crippen molar-refractivity contribution in [1.29, 1.82) is 0 Å². The molecule has 0 saturated heterocycles. The zero-order chi connectivity index (χ0) is 9.97. The predicted octanol–water partition coefficient (Wildman–Crippen LogP) is 2.15. The van der Waals surface area contributed by atoms with Gasteiger partial charge in [0.1, 0.15) is 0 Å². The first-order chi connectivity index (χ1) is 6.79. The van der Waals surface area contributed by atoms with Crippen molar-refractivity contribution in [3.05, 3.63) is 16.8 Å². The molecule has 0 aromatic carbocycles. The quantitative estimate of drug-likeness (QED) is 0.685. The SMILES string of the molecule is Cc1nnc(O)c2c1CCCCCC2. The van der Waals surface area contributed by atoms with Gasteiger partial charge in [0.05, 0.1) is 5.69 Å². The average molecular weight is 192 g/mol. The Kier molecular flexibility index (Phi) is 2.66. The summed E-state index contributed by atoms with van der Waals surface area (Å²) in [5.74, 6) is 0.146. The lowest BCUT2D eigenvalue weighted by atomic mass is 9.93. The molecule has 0 unspecified atom stereocenters. The predicted molar refractivity (Wildman–Crippen MR) is 54.3 cm³/mol. The second-order valence-electron chi connectivity index (χ2n) is 3.98. The van der Waals surface area contributed by atoms with E-state index < -0.39 is 0 Å². The maximum Gasteiger partial charge on any atom is 0.234 e. The van der Waals surface area contributed by atoms with Crippen molar-refractivity contribution in [2.45, 2.75) is 45.4 Å². The summed E-state index contributed by atoms with van der Waals surface area (Å²) in [7, 11) is 0. The molecular formula is C11H16N2O. The second kappa shape index (κ2) is 3.95. The number of fused-ring (bicyclic) bond motifs is 1. The Morgan fingerprint density at radius 1 is 0.929 bits per heavy atom. The number of rotatable bonds is 0. The molecule has 3 nitrogen and oxygen atoms in total. The Hall–Kier alpha value is -1.12. The smallest absolute Gasteiger partial charge is 0.234 e. The molecule has 76 valence electrons. The van der Waals surface area contributed by atoms with E-state index in [4.69, 9.17) is 0 Å². The zero-order valence-electron chi connectivity index (χ0n) is 8.58. The second-order valence-corrected chi connectivity index (χ2v) is 3.98. The summed E-state index contributed by atoms with van der Waals surface area (Å²) in [4.78, 5) is 0. The first kappa shape index (κ1) is 9.44. The lowest BCUT2D eigenvalue weighted by molar-refractivity contribution is 0.430. The van der Waals surface area contributed by atoms with Gasteiger partial charge in [0.2, 0.25) is 5.88 Å². The molecule has 0 spiro atoms. The van der Waals surface area contributed by atoms with Crippen LogP contribution in [-0.4, -0.2) is 15.3 Å². The minimum Gasteiger partial charge on any atom is -0.492 e. The Morgan fingerprint density at radius 3 is 2.29 bits per heavy atom. The number of hydrogen-bond acceptors (Lipinski definition) is 3. The third-order valence-corrected chi connectivity index (χ3v) is 2.97. The van der Waals surface area contributed by atoms with Gasteiger partial charge in [-0.05, 0) is 38.2 Å². The highest BCUT2D eigenvalue weighted by Gasteiger charge is 2.14. The Bertz CT molecular complexity index is 303. The molecule has 1 heterocycles. The molecule has 2 rings (SSSR count). The first-order valence-corrected chi connectivity index (χ1v) is 5.33. The maximum absolute atomic E-state index is 9.62. The van der Waals surface area contributed by atoms with Crippen LogP contribution in [0.1, 0.15) is 42.5 Å². The minimum atomic E-state index is 0.146. The van der Waals surface area contributed by atoms with Gasteiger partial charge in [-0.1, -0.05) is 12.8 Å². The summed E-state index contributed by atoms with van der Waals surface area (Å²) in [6, 6.07) is 0. The molecule has 14 heavy (non-hydrogen) atoms. The van der Waals surface area contributed by atoms with E-state index >= 15 is 0 Å². The van der Waals surface area contributed by atoms with Gasteiger partial charge in [0.25, 0.3) is 0 Å². The van der Waals surface area contributed by atoms with Crippen molar-refractivity contribution in [2.75, 3.05) is 0 Å². The maximum atomic E-state index is 9.62. The van der Waals surface area contributed by atoms with Crippen molar-refractivity contribution in [1.82, 2.24) is 10.2 Å². The summed E-state index contributed by atoms with van der Waals surface area (Å²) in [5, 5.41) is 17.4. The van der Waals surface area contributed by atoms with E-state index in [2.05, 4.69) is 10.2 Å². The highest BCUT2D eigenvalue weighted by Crippen LogP contribution is 2.26. The highest BCUT2D eigenvalue weighted by molar-refractivity contribution is 5.36. The third-order valence-electron chi connectivity index (χ3n) is 2.97. The Morgan fingerprint density at radius 2 is 1.57 bits per heavy atom. The topological polar surface area (TPSA) is 46.0 Å². The van der Waals surface area contributed by atoms with Gasteiger partial charge in [-0.15, -0.1) is 5.10 Å². The van der Waals surface area contributed by atoms with Gasteiger partial charge < -0.3 is 5.11 Å². The molecule has 1 N–H and O–H groups in total. The molecule has 0 radical (unpaired) electrons. The summed E-state index contributed by atoms with van der Waals surface area (Å²) in [6.07, 6.45) is 6.93. The summed E-state index contributed by atoms with van der Waals surface area (Å²) >= 11 is 0. The van der Waals surface area contributed by atoms with Crippen LogP contribution < -0.4 is 0 Å². The molecule has 1 aliphatic carbocycles. The monoisotopic (exact) mass is 192 g/mol. The van der Waals surface area contributed by atoms with Crippen LogP contribution in [0.4, 0.5) is 0 Å². The highest BCUT2D eigenvalue weighted by atomic mass is 16.3. The van der Waals surface area contributed by atoms with Gasteiger partial charge in [0.15, 0.2) is 0 Å². The number of aryl methyl sites for hydroxylation is 1. The molecule has 0 bridgehead atoms.